The van der Waals surface area contributed by atoms with Gasteiger partial charge in [-0.25, -0.2) is 0 Å². The first-order valence-electron chi connectivity index (χ1n) is 6.79. The SMILES string of the molecule is CCCCOc1ccccc1NC(=O)CCCC. The molecule has 1 aromatic carbocycles. The van der Waals surface area contributed by atoms with E-state index in [1.807, 2.05) is 24.3 Å². The van der Waals surface area contributed by atoms with Gasteiger partial charge in [0.1, 0.15) is 5.75 Å². The molecule has 1 aromatic rings. The summed E-state index contributed by atoms with van der Waals surface area (Å²) in [5.74, 6) is 0.819. The lowest BCUT2D eigenvalue weighted by Crippen LogP contribution is -2.12. The van der Waals surface area contributed by atoms with Gasteiger partial charge in [0.25, 0.3) is 0 Å². The van der Waals surface area contributed by atoms with Gasteiger partial charge in [-0.1, -0.05) is 38.8 Å². The first-order chi connectivity index (χ1) is 8.77. The van der Waals surface area contributed by atoms with Crippen LogP contribution in [0.15, 0.2) is 24.3 Å². The van der Waals surface area contributed by atoms with E-state index in [9.17, 15) is 4.79 Å². The normalized spacial score (nSPS) is 10.1. The quantitative estimate of drug-likeness (QED) is 0.707. The number of rotatable bonds is 8. The maximum atomic E-state index is 11.7. The van der Waals surface area contributed by atoms with Crippen molar-refractivity contribution in [3.8, 4) is 5.75 Å². The zero-order chi connectivity index (χ0) is 13.2. The molecule has 3 nitrogen and oxygen atoms in total. The van der Waals surface area contributed by atoms with E-state index in [2.05, 4.69) is 19.2 Å². The number of hydrogen-bond acceptors (Lipinski definition) is 2. The zero-order valence-corrected chi connectivity index (χ0v) is 11.4. The Kier molecular flexibility index (Phi) is 6.92. The second kappa shape index (κ2) is 8.56. The Morgan fingerprint density at radius 2 is 1.89 bits per heavy atom. The van der Waals surface area contributed by atoms with Gasteiger partial charge < -0.3 is 10.1 Å². The molecule has 0 fully saturated rings. The lowest BCUT2D eigenvalue weighted by Gasteiger charge is -2.12. The standard InChI is InChI=1S/C15H23NO2/c1-3-5-11-15(17)16-13-9-7-8-10-14(13)18-12-6-4-2/h7-10H,3-6,11-12H2,1-2H3,(H,16,17). The zero-order valence-electron chi connectivity index (χ0n) is 11.4. The Labute approximate surface area is 110 Å². The van der Waals surface area contributed by atoms with Gasteiger partial charge in [-0.2, -0.15) is 0 Å². The Morgan fingerprint density at radius 3 is 2.61 bits per heavy atom. The van der Waals surface area contributed by atoms with Gasteiger partial charge >= 0.3 is 0 Å². The van der Waals surface area contributed by atoms with Crippen LogP contribution in [0.4, 0.5) is 5.69 Å². The molecule has 1 amide bonds. The second-order valence-electron chi connectivity index (χ2n) is 4.35. The lowest BCUT2D eigenvalue weighted by molar-refractivity contribution is -0.116. The summed E-state index contributed by atoms with van der Waals surface area (Å²) in [7, 11) is 0. The van der Waals surface area contributed by atoms with Crippen LogP contribution in [-0.2, 0) is 4.79 Å². The molecule has 18 heavy (non-hydrogen) atoms. The topological polar surface area (TPSA) is 38.3 Å². The average Bonchev–Trinajstić information content (AvgIpc) is 2.38. The fourth-order valence-corrected chi connectivity index (χ4v) is 1.57. The Balaban J connectivity index is 2.55. The highest BCUT2D eigenvalue weighted by Gasteiger charge is 2.06. The Morgan fingerprint density at radius 1 is 1.17 bits per heavy atom. The molecule has 0 bridgehead atoms. The molecule has 3 heteroatoms. The number of nitrogens with one attached hydrogen (secondary N) is 1. The van der Waals surface area contributed by atoms with E-state index in [1.165, 1.54) is 0 Å². The average molecular weight is 249 g/mol. The van der Waals surface area contributed by atoms with Gasteiger partial charge in [0.15, 0.2) is 0 Å². The molecule has 0 saturated heterocycles. The van der Waals surface area contributed by atoms with E-state index in [4.69, 9.17) is 4.74 Å². The number of hydrogen-bond donors (Lipinski definition) is 1. The molecule has 0 aliphatic rings. The number of ether oxygens (including phenoxy) is 1. The van der Waals surface area contributed by atoms with Crippen molar-refractivity contribution in [2.24, 2.45) is 0 Å². The number of anilines is 1. The van der Waals surface area contributed by atoms with Gasteiger partial charge in [0.2, 0.25) is 5.91 Å². The summed E-state index contributed by atoms with van der Waals surface area (Å²) in [5.41, 5.74) is 0.773. The van der Waals surface area contributed by atoms with E-state index in [0.717, 1.165) is 37.1 Å². The molecule has 100 valence electrons. The highest BCUT2D eigenvalue weighted by Crippen LogP contribution is 2.24. The first-order valence-corrected chi connectivity index (χ1v) is 6.79. The Bertz CT molecular complexity index is 363. The second-order valence-corrected chi connectivity index (χ2v) is 4.35. The number of benzene rings is 1. The minimum Gasteiger partial charge on any atom is -0.491 e. The minimum absolute atomic E-state index is 0.0587. The number of carbonyl (C=O) groups is 1. The van der Waals surface area contributed by atoms with Crippen LogP contribution in [0.5, 0.6) is 5.75 Å². The van der Waals surface area contributed by atoms with E-state index in [-0.39, 0.29) is 5.91 Å². The molecule has 0 aliphatic heterocycles. The van der Waals surface area contributed by atoms with Crippen LogP contribution in [-0.4, -0.2) is 12.5 Å². The fraction of sp³-hybridized carbons (Fsp3) is 0.533. The van der Waals surface area contributed by atoms with E-state index in [1.54, 1.807) is 0 Å². The van der Waals surface area contributed by atoms with Gasteiger partial charge in [-0.3, -0.25) is 4.79 Å². The van der Waals surface area contributed by atoms with Crippen molar-refractivity contribution < 1.29 is 9.53 Å². The summed E-state index contributed by atoms with van der Waals surface area (Å²) in [5, 5.41) is 2.91. The minimum atomic E-state index is 0.0587. The number of para-hydroxylation sites is 2. The molecule has 0 saturated carbocycles. The van der Waals surface area contributed by atoms with Crippen molar-refractivity contribution in [1.29, 1.82) is 0 Å². The van der Waals surface area contributed by atoms with E-state index < -0.39 is 0 Å². The van der Waals surface area contributed by atoms with Crippen molar-refractivity contribution in [3.05, 3.63) is 24.3 Å². The first kappa shape index (κ1) is 14.6. The van der Waals surface area contributed by atoms with Crippen LogP contribution in [0.2, 0.25) is 0 Å². The molecule has 0 spiro atoms. The highest BCUT2D eigenvalue weighted by molar-refractivity contribution is 5.92. The van der Waals surface area contributed by atoms with E-state index in [0.29, 0.717) is 13.0 Å². The lowest BCUT2D eigenvalue weighted by atomic mass is 10.2. The van der Waals surface area contributed by atoms with Gasteiger partial charge in [0, 0.05) is 6.42 Å². The highest BCUT2D eigenvalue weighted by atomic mass is 16.5. The van der Waals surface area contributed by atoms with Crippen LogP contribution in [0.25, 0.3) is 0 Å². The Hall–Kier alpha value is -1.51. The third-order valence-electron chi connectivity index (χ3n) is 2.67. The number of unbranched alkanes of at least 4 members (excludes halogenated alkanes) is 2. The van der Waals surface area contributed by atoms with Crippen LogP contribution < -0.4 is 10.1 Å². The maximum Gasteiger partial charge on any atom is 0.224 e. The monoisotopic (exact) mass is 249 g/mol. The van der Waals surface area contributed by atoms with Crippen LogP contribution >= 0.6 is 0 Å². The summed E-state index contributed by atoms with van der Waals surface area (Å²) in [6.07, 6.45) is 4.65. The molecule has 0 atom stereocenters. The largest absolute Gasteiger partial charge is 0.491 e. The van der Waals surface area contributed by atoms with Gasteiger partial charge in [0.05, 0.1) is 12.3 Å². The molecular formula is C15H23NO2. The van der Waals surface area contributed by atoms with Gasteiger partial charge in [-0.15, -0.1) is 0 Å². The molecular weight excluding hydrogens is 226 g/mol. The molecule has 1 N–H and O–H groups in total. The predicted molar refractivity (Wildman–Crippen MR) is 75.0 cm³/mol. The fourth-order valence-electron chi connectivity index (χ4n) is 1.57. The van der Waals surface area contributed by atoms with Crippen LogP contribution in [0.3, 0.4) is 0 Å². The summed E-state index contributed by atoms with van der Waals surface area (Å²) in [6, 6.07) is 7.60. The van der Waals surface area contributed by atoms with Crippen molar-refractivity contribution in [3.63, 3.8) is 0 Å². The number of carbonyl (C=O) groups excluding carboxylic acids is 1. The number of amides is 1. The van der Waals surface area contributed by atoms with Crippen LogP contribution in [0.1, 0.15) is 46.0 Å². The summed E-state index contributed by atoms with van der Waals surface area (Å²) < 4.78 is 5.67. The van der Waals surface area contributed by atoms with Crippen molar-refractivity contribution in [2.75, 3.05) is 11.9 Å². The van der Waals surface area contributed by atoms with Gasteiger partial charge in [-0.05, 0) is 25.0 Å². The maximum absolute atomic E-state index is 11.7. The summed E-state index contributed by atoms with van der Waals surface area (Å²) in [6.45, 7) is 4.90. The summed E-state index contributed by atoms with van der Waals surface area (Å²) in [4.78, 5) is 11.7. The molecule has 1 rings (SSSR count). The molecule has 0 unspecified atom stereocenters. The van der Waals surface area contributed by atoms with Crippen LogP contribution in [0, 0.1) is 0 Å². The smallest absolute Gasteiger partial charge is 0.224 e. The summed E-state index contributed by atoms with van der Waals surface area (Å²) >= 11 is 0. The van der Waals surface area contributed by atoms with Crippen molar-refractivity contribution in [2.45, 2.75) is 46.0 Å². The predicted octanol–water partition coefficient (Wildman–Crippen LogP) is 3.99. The van der Waals surface area contributed by atoms with Crippen molar-refractivity contribution in [1.82, 2.24) is 0 Å². The molecule has 0 aliphatic carbocycles. The van der Waals surface area contributed by atoms with E-state index >= 15 is 0 Å². The molecule has 0 heterocycles. The van der Waals surface area contributed by atoms with Crippen molar-refractivity contribution >= 4 is 11.6 Å². The third-order valence-corrected chi connectivity index (χ3v) is 2.67. The third kappa shape index (κ3) is 5.21. The molecule has 0 radical (unpaired) electrons. The molecule has 0 aromatic heterocycles.